The minimum absolute atomic E-state index is 0.0168. The van der Waals surface area contributed by atoms with E-state index in [1.807, 2.05) is 35.2 Å². The molecule has 34 heavy (non-hydrogen) atoms. The topological polar surface area (TPSA) is 56.1 Å². The van der Waals surface area contributed by atoms with Crippen LogP contribution in [0.1, 0.15) is 24.1 Å². The van der Waals surface area contributed by atoms with Gasteiger partial charge in [0.2, 0.25) is 0 Å². The van der Waals surface area contributed by atoms with Crippen LogP contribution in [0.2, 0.25) is 0 Å². The highest BCUT2D eigenvalue weighted by molar-refractivity contribution is 7.15. The monoisotopic (exact) mass is 475 g/mol. The van der Waals surface area contributed by atoms with Gasteiger partial charge in [-0.15, -0.1) is 11.3 Å². The van der Waals surface area contributed by atoms with Crippen molar-refractivity contribution in [3.05, 3.63) is 77.4 Å². The SMILES string of the molecule is Cc1ccc(-c2cn3c(CCN(CC4CCCO4)C(=O)COc4ccccc4)csc3n2)cc1. The van der Waals surface area contributed by atoms with E-state index >= 15 is 0 Å². The van der Waals surface area contributed by atoms with Crippen molar-refractivity contribution in [3.63, 3.8) is 0 Å². The molecule has 1 fully saturated rings. The van der Waals surface area contributed by atoms with E-state index in [1.54, 1.807) is 11.3 Å². The average molecular weight is 476 g/mol. The van der Waals surface area contributed by atoms with E-state index < -0.39 is 0 Å². The number of carbonyl (C=O) groups excluding carboxylic acids is 1. The zero-order chi connectivity index (χ0) is 23.3. The van der Waals surface area contributed by atoms with Crippen LogP contribution in [0.3, 0.4) is 0 Å². The molecule has 1 unspecified atom stereocenters. The van der Waals surface area contributed by atoms with Gasteiger partial charge in [0.05, 0.1) is 11.8 Å². The second-order valence-corrected chi connectivity index (χ2v) is 9.53. The lowest BCUT2D eigenvalue weighted by molar-refractivity contribution is -0.134. The first kappa shape index (κ1) is 22.6. The molecule has 0 radical (unpaired) electrons. The fourth-order valence-corrected chi connectivity index (χ4v) is 5.13. The summed E-state index contributed by atoms with van der Waals surface area (Å²) in [5, 5.41) is 2.14. The second-order valence-electron chi connectivity index (χ2n) is 8.70. The van der Waals surface area contributed by atoms with Crippen LogP contribution in [-0.2, 0) is 16.0 Å². The quantitative estimate of drug-likeness (QED) is 0.342. The predicted molar refractivity (Wildman–Crippen MR) is 134 cm³/mol. The summed E-state index contributed by atoms with van der Waals surface area (Å²) in [6.45, 7) is 4.10. The van der Waals surface area contributed by atoms with E-state index in [0.29, 0.717) is 18.8 Å². The molecule has 1 aliphatic heterocycles. The van der Waals surface area contributed by atoms with E-state index in [1.165, 1.54) is 5.56 Å². The number of amides is 1. The molecule has 1 atom stereocenters. The normalized spacial score (nSPS) is 15.6. The van der Waals surface area contributed by atoms with E-state index in [9.17, 15) is 4.79 Å². The van der Waals surface area contributed by atoms with Crippen LogP contribution in [0.5, 0.6) is 5.75 Å². The number of hydrogen-bond acceptors (Lipinski definition) is 5. The molecule has 0 saturated carbocycles. The van der Waals surface area contributed by atoms with Crippen molar-refractivity contribution in [2.24, 2.45) is 0 Å². The van der Waals surface area contributed by atoms with Gasteiger partial charge >= 0.3 is 0 Å². The number of aryl methyl sites for hydroxylation is 1. The summed E-state index contributed by atoms with van der Waals surface area (Å²) in [5.74, 6) is 0.686. The van der Waals surface area contributed by atoms with Gasteiger partial charge in [0.15, 0.2) is 11.6 Å². The molecule has 4 aromatic rings. The van der Waals surface area contributed by atoms with Crippen molar-refractivity contribution >= 4 is 22.2 Å². The van der Waals surface area contributed by atoms with Gasteiger partial charge in [-0.25, -0.2) is 4.98 Å². The zero-order valence-electron chi connectivity index (χ0n) is 19.4. The van der Waals surface area contributed by atoms with Crippen molar-refractivity contribution in [3.8, 4) is 17.0 Å². The first-order chi connectivity index (χ1) is 16.7. The maximum absolute atomic E-state index is 13.1. The number of thiazole rings is 1. The summed E-state index contributed by atoms with van der Waals surface area (Å²) >= 11 is 1.63. The Morgan fingerprint density at radius 1 is 1.21 bits per heavy atom. The largest absolute Gasteiger partial charge is 0.484 e. The molecular weight excluding hydrogens is 446 g/mol. The molecular formula is C27H29N3O3S. The van der Waals surface area contributed by atoms with Crippen LogP contribution < -0.4 is 4.74 Å². The summed E-state index contributed by atoms with van der Waals surface area (Å²) in [6, 6.07) is 17.9. The van der Waals surface area contributed by atoms with Crippen LogP contribution in [0.15, 0.2) is 66.2 Å². The molecule has 0 N–H and O–H groups in total. The molecule has 3 heterocycles. The van der Waals surface area contributed by atoms with Crippen molar-refractivity contribution in [1.29, 1.82) is 0 Å². The van der Waals surface area contributed by atoms with Crippen LogP contribution >= 0.6 is 11.3 Å². The van der Waals surface area contributed by atoms with Crippen molar-refractivity contribution in [1.82, 2.24) is 14.3 Å². The Morgan fingerprint density at radius 2 is 2.03 bits per heavy atom. The molecule has 5 rings (SSSR count). The van der Waals surface area contributed by atoms with Gasteiger partial charge in [-0.3, -0.25) is 9.20 Å². The molecule has 2 aromatic carbocycles. The summed E-state index contributed by atoms with van der Waals surface area (Å²) in [5.41, 5.74) is 4.47. The number of aromatic nitrogens is 2. The molecule has 6 nitrogen and oxygen atoms in total. The molecule has 2 aromatic heterocycles. The summed E-state index contributed by atoms with van der Waals surface area (Å²) in [7, 11) is 0. The first-order valence-corrected chi connectivity index (χ1v) is 12.6. The second kappa shape index (κ2) is 10.4. The third-order valence-electron chi connectivity index (χ3n) is 6.17. The maximum atomic E-state index is 13.1. The van der Waals surface area contributed by atoms with E-state index in [-0.39, 0.29) is 18.6 Å². The standard InChI is InChI=1S/C27H29N3O3S/c1-20-9-11-21(12-10-20)25-17-30-22(19-34-27(30)28-25)13-14-29(16-24-8-5-15-32-24)26(31)18-33-23-6-3-2-4-7-23/h2-4,6-7,9-12,17,19,24H,5,8,13-16,18H2,1H3. The minimum Gasteiger partial charge on any atom is -0.484 e. The summed E-state index contributed by atoms with van der Waals surface area (Å²) in [6.07, 6.45) is 4.98. The van der Waals surface area contributed by atoms with Crippen LogP contribution in [0, 0.1) is 6.92 Å². The minimum atomic E-state index is -0.0168. The highest BCUT2D eigenvalue weighted by Gasteiger charge is 2.23. The number of para-hydroxylation sites is 1. The third-order valence-corrected chi connectivity index (χ3v) is 7.06. The Kier molecular flexibility index (Phi) is 6.92. The molecule has 0 aliphatic carbocycles. The van der Waals surface area contributed by atoms with E-state index in [4.69, 9.17) is 14.5 Å². The summed E-state index contributed by atoms with van der Waals surface area (Å²) in [4.78, 5) is 20.7. The van der Waals surface area contributed by atoms with Crippen molar-refractivity contribution in [2.45, 2.75) is 32.3 Å². The number of rotatable bonds is 9. The molecule has 1 aliphatic rings. The number of fused-ring (bicyclic) bond motifs is 1. The van der Waals surface area contributed by atoms with Crippen molar-refractivity contribution in [2.75, 3.05) is 26.3 Å². The predicted octanol–water partition coefficient (Wildman–Crippen LogP) is 5.00. The number of ether oxygens (including phenoxy) is 2. The highest BCUT2D eigenvalue weighted by atomic mass is 32.1. The Labute approximate surface area is 203 Å². The highest BCUT2D eigenvalue weighted by Crippen LogP contribution is 2.24. The number of imidazole rings is 1. The Hall–Kier alpha value is -3.16. The number of hydrogen-bond donors (Lipinski definition) is 0. The Balaban J connectivity index is 1.28. The van der Waals surface area contributed by atoms with Gasteiger partial charge in [0.25, 0.3) is 5.91 Å². The van der Waals surface area contributed by atoms with Gasteiger partial charge in [-0.1, -0.05) is 48.0 Å². The Morgan fingerprint density at radius 3 is 2.79 bits per heavy atom. The van der Waals surface area contributed by atoms with Gasteiger partial charge in [0.1, 0.15) is 5.75 Å². The van der Waals surface area contributed by atoms with E-state index in [0.717, 1.165) is 47.8 Å². The first-order valence-electron chi connectivity index (χ1n) is 11.8. The van der Waals surface area contributed by atoms with Crippen molar-refractivity contribution < 1.29 is 14.3 Å². The maximum Gasteiger partial charge on any atom is 0.260 e. The van der Waals surface area contributed by atoms with Crippen LogP contribution in [0.4, 0.5) is 0 Å². The zero-order valence-corrected chi connectivity index (χ0v) is 20.2. The lowest BCUT2D eigenvalue weighted by Crippen LogP contribution is -2.41. The summed E-state index contributed by atoms with van der Waals surface area (Å²) < 4.78 is 13.7. The fourth-order valence-electron chi connectivity index (χ4n) is 4.23. The average Bonchev–Trinajstić information content (AvgIpc) is 3.60. The van der Waals surface area contributed by atoms with Gasteiger partial charge in [-0.2, -0.15) is 0 Å². The molecule has 0 spiro atoms. The van der Waals surface area contributed by atoms with Crippen LogP contribution in [-0.4, -0.2) is 52.6 Å². The molecule has 0 bridgehead atoms. The number of benzene rings is 2. The number of carbonyl (C=O) groups is 1. The van der Waals surface area contributed by atoms with Gasteiger partial charge < -0.3 is 14.4 Å². The molecule has 1 saturated heterocycles. The lowest BCUT2D eigenvalue weighted by atomic mass is 10.1. The number of nitrogens with zero attached hydrogens (tertiary/aromatic N) is 3. The molecule has 7 heteroatoms. The Bertz CT molecular complexity index is 1230. The molecule has 176 valence electrons. The van der Waals surface area contributed by atoms with E-state index in [2.05, 4.69) is 47.2 Å². The lowest BCUT2D eigenvalue weighted by Gasteiger charge is -2.25. The fraction of sp³-hybridized carbons (Fsp3) is 0.333. The van der Waals surface area contributed by atoms with Gasteiger partial charge in [-0.05, 0) is 31.9 Å². The van der Waals surface area contributed by atoms with Gasteiger partial charge in [0, 0.05) is 49.0 Å². The smallest absolute Gasteiger partial charge is 0.260 e. The van der Waals surface area contributed by atoms with Crippen LogP contribution in [0.25, 0.3) is 16.2 Å². The molecule has 1 amide bonds. The third kappa shape index (κ3) is 5.32.